The molecule has 0 bridgehead atoms. The number of urea groups is 1. The summed E-state index contributed by atoms with van der Waals surface area (Å²) < 4.78 is 4.89. The fourth-order valence-corrected chi connectivity index (χ4v) is 3.16. The van der Waals surface area contributed by atoms with Crippen LogP contribution >= 0.6 is 11.6 Å². The second kappa shape index (κ2) is 9.63. The lowest BCUT2D eigenvalue weighted by molar-refractivity contribution is 0.0937. The van der Waals surface area contributed by atoms with Gasteiger partial charge in [0, 0.05) is 25.4 Å². The Morgan fingerprint density at radius 2 is 1.96 bits per heavy atom. The Kier molecular flexibility index (Phi) is 7.52. The zero-order chi connectivity index (χ0) is 18.2. The van der Waals surface area contributed by atoms with E-state index in [-0.39, 0.29) is 18.0 Å². The van der Waals surface area contributed by atoms with Crippen molar-refractivity contribution in [2.45, 2.75) is 38.6 Å². The summed E-state index contributed by atoms with van der Waals surface area (Å²) >= 11 is 6.16. The average Bonchev–Trinajstić information content (AvgIpc) is 2.57. The van der Waals surface area contributed by atoms with Crippen LogP contribution in [0.2, 0.25) is 5.02 Å². The van der Waals surface area contributed by atoms with E-state index >= 15 is 0 Å². The number of nitrogens with one attached hydrogen (secondary N) is 3. The van der Waals surface area contributed by atoms with Crippen molar-refractivity contribution in [1.82, 2.24) is 10.6 Å². The van der Waals surface area contributed by atoms with Gasteiger partial charge in [0.05, 0.1) is 17.2 Å². The molecule has 0 radical (unpaired) electrons. The quantitative estimate of drug-likeness (QED) is 0.674. The van der Waals surface area contributed by atoms with Crippen LogP contribution in [-0.4, -0.2) is 38.2 Å². The van der Waals surface area contributed by atoms with Crippen molar-refractivity contribution in [1.29, 1.82) is 0 Å². The van der Waals surface area contributed by atoms with Gasteiger partial charge in [0.1, 0.15) is 0 Å². The van der Waals surface area contributed by atoms with Gasteiger partial charge >= 0.3 is 6.03 Å². The number of hydrogen-bond acceptors (Lipinski definition) is 3. The summed E-state index contributed by atoms with van der Waals surface area (Å²) in [6.07, 6.45) is 4.30. The van der Waals surface area contributed by atoms with E-state index < -0.39 is 0 Å². The van der Waals surface area contributed by atoms with Gasteiger partial charge in [-0.25, -0.2) is 4.79 Å². The number of methoxy groups -OCH3 is 1. The minimum atomic E-state index is -0.269. The molecule has 1 saturated carbocycles. The van der Waals surface area contributed by atoms with E-state index in [4.69, 9.17) is 16.3 Å². The third-order valence-electron chi connectivity index (χ3n) is 4.41. The lowest BCUT2D eigenvalue weighted by atomic mass is 9.87. The molecule has 2 rings (SSSR count). The van der Waals surface area contributed by atoms with Crippen LogP contribution in [0.1, 0.15) is 43.0 Å². The summed E-state index contributed by atoms with van der Waals surface area (Å²) in [5, 5.41) is 8.77. The van der Waals surface area contributed by atoms with Crippen molar-refractivity contribution in [3.05, 3.63) is 28.8 Å². The number of carbonyl (C=O) groups excluding carboxylic acids is 2. The first-order chi connectivity index (χ1) is 12.0. The van der Waals surface area contributed by atoms with Crippen molar-refractivity contribution in [2.75, 3.05) is 25.6 Å². The number of anilines is 1. The van der Waals surface area contributed by atoms with Crippen molar-refractivity contribution >= 4 is 29.2 Å². The average molecular weight is 368 g/mol. The van der Waals surface area contributed by atoms with Crippen LogP contribution in [0, 0.1) is 5.92 Å². The smallest absolute Gasteiger partial charge is 0.319 e. The predicted molar refractivity (Wildman–Crippen MR) is 99.2 cm³/mol. The Morgan fingerprint density at radius 1 is 1.24 bits per heavy atom. The molecule has 3 amide bonds. The molecule has 1 aliphatic rings. The molecule has 6 nitrogen and oxygen atoms in total. The van der Waals surface area contributed by atoms with E-state index in [1.54, 1.807) is 25.3 Å². The summed E-state index contributed by atoms with van der Waals surface area (Å²) in [7, 11) is 1.57. The lowest BCUT2D eigenvalue weighted by Gasteiger charge is -2.26. The SMILES string of the molecule is COCCNC(=O)c1ccc(NC(=O)NC2CCC(C)CC2)cc1Cl. The van der Waals surface area contributed by atoms with Gasteiger partial charge in [0.2, 0.25) is 0 Å². The van der Waals surface area contributed by atoms with E-state index in [2.05, 4.69) is 22.9 Å². The molecular weight excluding hydrogens is 342 g/mol. The summed E-state index contributed by atoms with van der Waals surface area (Å²) in [5.74, 6) is 0.469. The maximum atomic E-state index is 12.1. The third kappa shape index (κ3) is 6.21. The van der Waals surface area contributed by atoms with Gasteiger partial charge < -0.3 is 20.7 Å². The maximum Gasteiger partial charge on any atom is 0.319 e. The second-order valence-electron chi connectivity index (χ2n) is 6.50. The van der Waals surface area contributed by atoms with Gasteiger partial charge in [0.25, 0.3) is 5.91 Å². The molecule has 3 N–H and O–H groups in total. The highest BCUT2D eigenvalue weighted by Gasteiger charge is 2.20. The minimum Gasteiger partial charge on any atom is -0.383 e. The largest absolute Gasteiger partial charge is 0.383 e. The van der Waals surface area contributed by atoms with Crippen LogP contribution in [0.4, 0.5) is 10.5 Å². The summed E-state index contributed by atoms with van der Waals surface area (Å²) in [5.41, 5.74) is 0.921. The molecule has 0 atom stereocenters. The van der Waals surface area contributed by atoms with Crippen molar-refractivity contribution in [2.24, 2.45) is 5.92 Å². The summed E-state index contributed by atoms with van der Waals surface area (Å²) in [6.45, 7) is 3.09. The number of halogens is 1. The van der Waals surface area contributed by atoms with Gasteiger partial charge in [-0.15, -0.1) is 0 Å². The second-order valence-corrected chi connectivity index (χ2v) is 6.91. The summed E-state index contributed by atoms with van der Waals surface area (Å²) in [6, 6.07) is 4.82. The van der Waals surface area contributed by atoms with Gasteiger partial charge in [-0.1, -0.05) is 18.5 Å². The Hall–Kier alpha value is -1.79. The zero-order valence-electron chi connectivity index (χ0n) is 14.7. The van der Waals surface area contributed by atoms with Crippen LogP contribution < -0.4 is 16.0 Å². The fourth-order valence-electron chi connectivity index (χ4n) is 2.90. The summed E-state index contributed by atoms with van der Waals surface area (Å²) in [4.78, 5) is 24.1. The molecule has 1 aromatic rings. The van der Waals surface area contributed by atoms with E-state index in [1.165, 1.54) is 0 Å². The lowest BCUT2D eigenvalue weighted by Crippen LogP contribution is -2.39. The number of benzene rings is 1. The Labute approximate surface area is 153 Å². The topological polar surface area (TPSA) is 79.5 Å². The molecule has 0 unspecified atom stereocenters. The van der Waals surface area contributed by atoms with Crippen LogP contribution in [0.15, 0.2) is 18.2 Å². The highest BCUT2D eigenvalue weighted by Crippen LogP contribution is 2.24. The number of amides is 3. The standard InChI is InChI=1S/C18H26ClN3O3/c1-12-3-5-13(6-4-12)21-18(24)22-14-7-8-15(16(19)11-14)17(23)20-9-10-25-2/h7-8,11-13H,3-6,9-10H2,1-2H3,(H,20,23)(H2,21,22,24). The number of hydrogen-bond donors (Lipinski definition) is 3. The molecular formula is C18H26ClN3O3. The molecule has 0 spiro atoms. The molecule has 0 aromatic heterocycles. The van der Waals surface area contributed by atoms with Crippen LogP contribution in [0.5, 0.6) is 0 Å². The molecule has 0 saturated heterocycles. The normalized spacial score (nSPS) is 20.0. The molecule has 1 aliphatic carbocycles. The Balaban J connectivity index is 1.87. The molecule has 25 heavy (non-hydrogen) atoms. The predicted octanol–water partition coefficient (Wildman–Crippen LogP) is 3.42. The molecule has 138 valence electrons. The Morgan fingerprint density at radius 3 is 2.60 bits per heavy atom. The van der Waals surface area contributed by atoms with E-state index in [0.717, 1.165) is 31.6 Å². The maximum absolute atomic E-state index is 12.1. The molecule has 0 aliphatic heterocycles. The zero-order valence-corrected chi connectivity index (χ0v) is 15.5. The minimum absolute atomic E-state index is 0.220. The number of ether oxygens (including phenoxy) is 1. The van der Waals surface area contributed by atoms with Gasteiger partial charge in [0.15, 0.2) is 0 Å². The molecule has 0 heterocycles. The van der Waals surface area contributed by atoms with Crippen molar-refractivity contribution < 1.29 is 14.3 Å². The third-order valence-corrected chi connectivity index (χ3v) is 4.73. The molecule has 7 heteroatoms. The first-order valence-corrected chi connectivity index (χ1v) is 9.01. The van der Waals surface area contributed by atoms with Crippen molar-refractivity contribution in [3.63, 3.8) is 0 Å². The van der Waals surface area contributed by atoms with Crippen LogP contribution in [0.25, 0.3) is 0 Å². The van der Waals surface area contributed by atoms with Crippen molar-refractivity contribution in [3.8, 4) is 0 Å². The first kappa shape index (κ1) is 19.5. The highest BCUT2D eigenvalue weighted by molar-refractivity contribution is 6.34. The van der Waals surface area contributed by atoms with Gasteiger partial charge in [-0.05, 0) is 49.8 Å². The monoisotopic (exact) mass is 367 g/mol. The van der Waals surface area contributed by atoms with Crippen LogP contribution in [-0.2, 0) is 4.74 Å². The highest BCUT2D eigenvalue weighted by atomic mass is 35.5. The molecule has 1 aromatic carbocycles. The van der Waals surface area contributed by atoms with Crippen LogP contribution in [0.3, 0.4) is 0 Å². The number of rotatable bonds is 6. The van der Waals surface area contributed by atoms with Gasteiger partial charge in [-0.2, -0.15) is 0 Å². The first-order valence-electron chi connectivity index (χ1n) is 8.63. The fraction of sp³-hybridized carbons (Fsp3) is 0.556. The van der Waals surface area contributed by atoms with E-state index in [1.807, 2.05) is 0 Å². The van der Waals surface area contributed by atoms with Gasteiger partial charge in [-0.3, -0.25) is 4.79 Å². The van der Waals surface area contributed by atoms with E-state index in [0.29, 0.717) is 29.4 Å². The molecule has 1 fully saturated rings. The van der Waals surface area contributed by atoms with E-state index in [9.17, 15) is 9.59 Å². The Bertz CT molecular complexity index is 601. The number of carbonyl (C=O) groups is 2.